The van der Waals surface area contributed by atoms with Crippen LogP contribution < -0.4 is 5.32 Å². The molecule has 0 aromatic rings. The van der Waals surface area contributed by atoms with E-state index in [-0.39, 0.29) is 6.42 Å². The maximum atomic E-state index is 11.2. The quantitative estimate of drug-likeness (QED) is 0.336. The highest BCUT2D eigenvalue weighted by Gasteiger charge is 2.44. The number of ether oxygens (including phenoxy) is 1. The minimum atomic E-state index is -1.52. The van der Waals surface area contributed by atoms with Crippen molar-refractivity contribution in [3.8, 4) is 12.3 Å². The van der Waals surface area contributed by atoms with Gasteiger partial charge < -0.3 is 30.5 Å². The summed E-state index contributed by atoms with van der Waals surface area (Å²) in [5.74, 6) is 1.52. The molecule has 1 fully saturated rings. The number of aliphatic hydroxyl groups is 4. The van der Waals surface area contributed by atoms with Crippen molar-refractivity contribution in [2.24, 2.45) is 0 Å². The smallest absolute Gasteiger partial charge is 0.232 e. The number of carbonyl (C=O) groups is 1. The molecule has 0 aromatic carbocycles. The van der Waals surface area contributed by atoms with Gasteiger partial charge in [0.15, 0.2) is 6.29 Å². The normalized spacial score (nSPS) is 37.2. The van der Waals surface area contributed by atoms with Gasteiger partial charge in [-0.3, -0.25) is 4.79 Å². The Kier molecular flexibility index (Phi) is 4.86. The van der Waals surface area contributed by atoms with E-state index in [9.17, 15) is 20.1 Å². The van der Waals surface area contributed by atoms with Gasteiger partial charge in [0.1, 0.15) is 24.4 Å². The van der Waals surface area contributed by atoms with Gasteiger partial charge in [0.25, 0.3) is 0 Å². The average molecular weight is 245 g/mol. The molecule has 1 aliphatic rings. The van der Waals surface area contributed by atoms with Gasteiger partial charge in [-0.1, -0.05) is 5.92 Å². The molecule has 5 N–H and O–H groups in total. The number of hydrogen-bond donors (Lipinski definition) is 5. The third kappa shape index (κ3) is 3.15. The van der Waals surface area contributed by atoms with Crippen molar-refractivity contribution in [2.45, 2.75) is 37.1 Å². The molecule has 0 spiro atoms. The minimum Gasteiger partial charge on any atom is -0.394 e. The SMILES string of the molecule is C#CCC(=O)N[C@H]1C(O)O[C@H](CO)[C@H](O)[C@@H]1O. The summed E-state index contributed by atoms with van der Waals surface area (Å²) in [6, 6.07) is -1.19. The molecule has 1 unspecified atom stereocenters. The first-order valence-corrected chi connectivity index (χ1v) is 5.04. The van der Waals surface area contributed by atoms with Crippen LogP contribution in [0.25, 0.3) is 0 Å². The predicted molar refractivity (Wildman–Crippen MR) is 55.4 cm³/mol. The van der Waals surface area contributed by atoms with Gasteiger partial charge in [0.05, 0.1) is 13.0 Å². The zero-order chi connectivity index (χ0) is 13.0. The van der Waals surface area contributed by atoms with Gasteiger partial charge in [-0.2, -0.15) is 0 Å². The average Bonchev–Trinajstić information content (AvgIpc) is 2.29. The summed E-state index contributed by atoms with van der Waals surface area (Å²) in [4.78, 5) is 11.2. The number of terminal acetylenes is 1. The molecular weight excluding hydrogens is 230 g/mol. The molecule has 1 saturated heterocycles. The molecule has 0 bridgehead atoms. The zero-order valence-electron chi connectivity index (χ0n) is 8.98. The molecule has 7 heteroatoms. The summed E-state index contributed by atoms with van der Waals surface area (Å²) < 4.78 is 4.84. The van der Waals surface area contributed by atoms with Crippen LogP contribution in [0.3, 0.4) is 0 Å². The van der Waals surface area contributed by atoms with E-state index in [1.165, 1.54) is 0 Å². The van der Waals surface area contributed by atoms with Crippen LogP contribution in [0.15, 0.2) is 0 Å². The lowest BCUT2D eigenvalue weighted by molar-refractivity contribution is -0.253. The van der Waals surface area contributed by atoms with Crippen LogP contribution in [0.2, 0.25) is 0 Å². The topological polar surface area (TPSA) is 119 Å². The Bertz CT molecular complexity index is 314. The molecule has 1 aliphatic heterocycles. The summed E-state index contributed by atoms with van der Waals surface area (Å²) >= 11 is 0. The van der Waals surface area contributed by atoms with E-state index in [1.54, 1.807) is 0 Å². The van der Waals surface area contributed by atoms with Crippen molar-refractivity contribution < 1.29 is 30.0 Å². The molecule has 0 aliphatic carbocycles. The third-order valence-corrected chi connectivity index (χ3v) is 2.49. The summed E-state index contributed by atoms with van der Waals surface area (Å²) in [6.45, 7) is -0.555. The molecule has 0 radical (unpaired) electrons. The number of hydrogen-bond acceptors (Lipinski definition) is 6. The second-order valence-electron chi connectivity index (χ2n) is 3.70. The third-order valence-electron chi connectivity index (χ3n) is 2.49. The van der Waals surface area contributed by atoms with Crippen molar-refractivity contribution >= 4 is 5.91 Å². The van der Waals surface area contributed by atoms with Gasteiger partial charge in [0, 0.05) is 0 Å². The van der Waals surface area contributed by atoms with Crippen LogP contribution in [-0.4, -0.2) is 63.6 Å². The van der Waals surface area contributed by atoms with Crippen molar-refractivity contribution in [3.05, 3.63) is 0 Å². The largest absolute Gasteiger partial charge is 0.394 e. The molecule has 5 atom stereocenters. The maximum absolute atomic E-state index is 11.2. The van der Waals surface area contributed by atoms with Crippen molar-refractivity contribution in [1.29, 1.82) is 0 Å². The van der Waals surface area contributed by atoms with E-state index in [1.807, 2.05) is 0 Å². The van der Waals surface area contributed by atoms with Crippen LogP contribution in [-0.2, 0) is 9.53 Å². The molecule has 1 rings (SSSR count). The van der Waals surface area contributed by atoms with Crippen molar-refractivity contribution in [2.75, 3.05) is 6.61 Å². The molecule has 96 valence electrons. The zero-order valence-corrected chi connectivity index (χ0v) is 8.98. The van der Waals surface area contributed by atoms with Gasteiger partial charge in [0.2, 0.25) is 5.91 Å². The Morgan fingerprint density at radius 1 is 1.35 bits per heavy atom. The number of rotatable bonds is 3. The van der Waals surface area contributed by atoms with Gasteiger partial charge in [-0.25, -0.2) is 0 Å². The Labute approximate surface area is 98.0 Å². The van der Waals surface area contributed by atoms with E-state index < -0.39 is 43.2 Å². The fourth-order valence-corrected chi connectivity index (χ4v) is 1.58. The summed E-state index contributed by atoms with van der Waals surface area (Å²) in [5, 5.41) is 39.8. The number of nitrogens with one attached hydrogen (secondary N) is 1. The van der Waals surface area contributed by atoms with Crippen LogP contribution in [0.4, 0.5) is 0 Å². The first-order valence-electron chi connectivity index (χ1n) is 5.04. The second-order valence-corrected chi connectivity index (χ2v) is 3.70. The lowest BCUT2D eigenvalue weighted by Crippen LogP contribution is -2.64. The van der Waals surface area contributed by atoms with Gasteiger partial charge >= 0.3 is 0 Å². The molecule has 1 heterocycles. The van der Waals surface area contributed by atoms with Gasteiger partial charge in [-0.05, 0) is 0 Å². The Hall–Kier alpha value is -1.17. The molecule has 0 aromatic heterocycles. The van der Waals surface area contributed by atoms with E-state index in [4.69, 9.17) is 16.3 Å². The van der Waals surface area contributed by atoms with E-state index >= 15 is 0 Å². The van der Waals surface area contributed by atoms with Crippen LogP contribution in [0, 0.1) is 12.3 Å². The maximum Gasteiger partial charge on any atom is 0.232 e. The first-order chi connectivity index (χ1) is 8.01. The van der Waals surface area contributed by atoms with Crippen LogP contribution >= 0.6 is 0 Å². The standard InChI is InChI=1S/C10H15NO6/c1-2-3-6(13)11-7-9(15)8(14)5(4-12)17-10(7)16/h1,5,7-10,12,14-16H,3-4H2,(H,11,13)/t5-,7-,8+,9-,10?/m1/s1. The van der Waals surface area contributed by atoms with Crippen molar-refractivity contribution in [3.63, 3.8) is 0 Å². The number of carbonyl (C=O) groups excluding carboxylic acids is 1. The monoisotopic (exact) mass is 245 g/mol. The molecule has 0 saturated carbocycles. The lowest BCUT2D eigenvalue weighted by atomic mass is 9.97. The van der Waals surface area contributed by atoms with Crippen molar-refractivity contribution in [1.82, 2.24) is 5.32 Å². The van der Waals surface area contributed by atoms with E-state index in [0.717, 1.165) is 0 Å². The lowest BCUT2D eigenvalue weighted by Gasteiger charge is -2.40. The van der Waals surface area contributed by atoms with Gasteiger partial charge in [-0.15, -0.1) is 6.42 Å². The van der Waals surface area contributed by atoms with E-state index in [0.29, 0.717) is 0 Å². The Morgan fingerprint density at radius 2 is 2.00 bits per heavy atom. The first kappa shape index (κ1) is 13.9. The Balaban J connectivity index is 2.67. The highest BCUT2D eigenvalue weighted by molar-refractivity contribution is 5.78. The van der Waals surface area contributed by atoms with Crippen LogP contribution in [0.5, 0.6) is 0 Å². The molecule has 1 amide bonds. The highest BCUT2D eigenvalue weighted by atomic mass is 16.6. The predicted octanol–water partition coefficient (Wildman–Crippen LogP) is -3.07. The number of amides is 1. The summed E-state index contributed by atoms with van der Waals surface area (Å²) in [6.07, 6.45) is -0.755. The number of aliphatic hydroxyl groups excluding tert-OH is 4. The molecule has 17 heavy (non-hydrogen) atoms. The minimum absolute atomic E-state index is 0.213. The molecule has 7 nitrogen and oxygen atoms in total. The Morgan fingerprint density at radius 3 is 2.53 bits per heavy atom. The molecular formula is C10H15NO6. The summed E-state index contributed by atoms with van der Waals surface area (Å²) in [7, 11) is 0. The highest BCUT2D eigenvalue weighted by Crippen LogP contribution is 2.19. The van der Waals surface area contributed by atoms with E-state index in [2.05, 4.69) is 11.2 Å². The fraction of sp³-hybridized carbons (Fsp3) is 0.700. The fourth-order valence-electron chi connectivity index (χ4n) is 1.58. The summed E-state index contributed by atoms with van der Waals surface area (Å²) in [5.41, 5.74) is 0. The second kappa shape index (κ2) is 5.95. The van der Waals surface area contributed by atoms with Crippen LogP contribution in [0.1, 0.15) is 6.42 Å².